The summed E-state index contributed by atoms with van der Waals surface area (Å²) in [5.74, 6) is 0.622. The average Bonchev–Trinajstić information content (AvgIpc) is 2.74. The maximum absolute atomic E-state index is 12.0. The normalized spacial score (nSPS) is 10.8. The lowest BCUT2D eigenvalue weighted by atomic mass is 9.85. The Morgan fingerprint density at radius 1 is 0.714 bits per heavy atom. The molecular formula is C26H28O2. The molecule has 0 spiro atoms. The Balaban J connectivity index is 1.73. The van der Waals surface area contributed by atoms with Crippen LogP contribution in [0.15, 0.2) is 84.9 Å². The standard InChI is InChI=1S/C26H28O2/c1-2-3-4-11-16-25(27)28-24-19-17-23(18-20-24)26(21-12-7-5-8-13-21)22-14-9-6-10-15-22/h5-10,12-15,17-20,26H,2-4,11,16H2,1H3. The van der Waals surface area contributed by atoms with Crippen molar-refractivity contribution < 1.29 is 9.53 Å². The molecule has 3 rings (SSSR count). The van der Waals surface area contributed by atoms with Crippen LogP contribution in [0.3, 0.4) is 0 Å². The number of benzene rings is 3. The van der Waals surface area contributed by atoms with Gasteiger partial charge in [-0.1, -0.05) is 99.0 Å². The second-order valence-corrected chi connectivity index (χ2v) is 7.11. The summed E-state index contributed by atoms with van der Waals surface area (Å²) in [5.41, 5.74) is 3.67. The highest BCUT2D eigenvalue weighted by Gasteiger charge is 2.16. The van der Waals surface area contributed by atoms with E-state index in [9.17, 15) is 4.79 Å². The minimum atomic E-state index is -0.147. The first-order chi connectivity index (χ1) is 13.8. The minimum absolute atomic E-state index is 0.147. The summed E-state index contributed by atoms with van der Waals surface area (Å²) < 4.78 is 5.50. The number of ether oxygens (including phenoxy) is 1. The van der Waals surface area contributed by atoms with Crippen molar-refractivity contribution in [2.75, 3.05) is 0 Å². The Hall–Kier alpha value is -2.87. The fraction of sp³-hybridized carbons (Fsp3) is 0.269. The van der Waals surface area contributed by atoms with Crippen LogP contribution in [0.2, 0.25) is 0 Å². The van der Waals surface area contributed by atoms with Crippen LogP contribution >= 0.6 is 0 Å². The van der Waals surface area contributed by atoms with Crippen molar-refractivity contribution in [2.24, 2.45) is 0 Å². The van der Waals surface area contributed by atoms with Gasteiger partial charge in [-0.25, -0.2) is 0 Å². The fourth-order valence-corrected chi connectivity index (χ4v) is 3.48. The molecule has 0 atom stereocenters. The van der Waals surface area contributed by atoms with E-state index in [1.54, 1.807) is 0 Å². The summed E-state index contributed by atoms with van der Waals surface area (Å²) in [6.07, 6.45) is 4.80. The second-order valence-electron chi connectivity index (χ2n) is 7.11. The molecule has 144 valence electrons. The minimum Gasteiger partial charge on any atom is -0.427 e. The van der Waals surface area contributed by atoms with Crippen molar-refractivity contribution in [1.82, 2.24) is 0 Å². The van der Waals surface area contributed by atoms with E-state index in [0.29, 0.717) is 12.2 Å². The van der Waals surface area contributed by atoms with Crippen LogP contribution in [0.25, 0.3) is 0 Å². The summed E-state index contributed by atoms with van der Waals surface area (Å²) in [6, 6.07) is 28.9. The van der Waals surface area contributed by atoms with Crippen molar-refractivity contribution in [3.63, 3.8) is 0 Å². The van der Waals surface area contributed by atoms with E-state index >= 15 is 0 Å². The summed E-state index contributed by atoms with van der Waals surface area (Å²) in [4.78, 5) is 12.0. The van der Waals surface area contributed by atoms with E-state index in [1.165, 1.54) is 29.5 Å². The van der Waals surface area contributed by atoms with Gasteiger partial charge in [-0.05, 0) is 35.2 Å². The highest BCUT2D eigenvalue weighted by Crippen LogP contribution is 2.32. The molecule has 0 aliphatic rings. The third-order valence-electron chi connectivity index (χ3n) is 4.95. The monoisotopic (exact) mass is 372 g/mol. The molecule has 28 heavy (non-hydrogen) atoms. The highest BCUT2D eigenvalue weighted by atomic mass is 16.5. The molecule has 3 aromatic rings. The topological polar surface area (TPSA) is 26.3 Å². The molecule has 0 aromatic heterocycles. The maximum atomic E-state index is 12.0. The molecule has 0 saturated heterocycles. The summed E-state index contributed by atoms with van der Waals surface area (Å²) in [6.45, 7) is 2.16. The van der Waals surface area contributed by atoms with Crippen molar-refractivity contribution in [1.29, 1.82) is 0 Å². The Kier molecular flexibility index (Phi) is 7.43. The predicted octanol–water partition coefficient (Wildman–Crippen LogP) is 6.74. The Morgan fingerprint density at radius 3 is 1.79 bits per heavy atom. The zero-order chi connectivity index (χ0) is 19.6. The zero-order valence-electron chi connectivity index (χ0n) is 16.5. The number of esters is 1. The SMILES string of the molecule is CCCCCCC(=O)Oc1ccc(C(c2ccccc2)c2ccccc2)cc1. The van der Waals surface area contributed by atoms with Gasteiger partial charge in [0, 0.05) is 12.3 Å². The molecule has 0 bridgehead atoms. The molecule has 0 aliphatic heterocycles. The summed E-state index contributed by atoms with van der Waals surface area (Å²) in [7, 11) is 0. The van der Waals surface area contributed by atoms with Crippen LogP contribution in [-0.2, 0) is 4.79 Å². The largest absolute Gasteiger partial charge is 0.427 e. The van der Waals surface area contributed by atoms with Gasteiger partial charge < -0.3 is 4.74 Å². The third kappa shape index (κ3) is 5.56. The molecule has 0 radical (unpaired) electrons. The van der Waals surface area contributed by atoms with Crippen LogP contribution in [0.4, 0.5) is 0 Å². The summed E-state index contributed by atoms with van der Waals surface area (Å²) in [5, 5.41) is 0. The lowest BCUT2D eigenvalue weighted by Crippen LogP contribution is -2.08. The van der Waals surface area contributed by atoms with Crippen molar-refractivity contribution >= 4 is 5.97 Å². The zero-order valence-corrected chi connectivity index (χ0v) is 16.5. The number of unbranched alkanes of at least 4 members (excludes halogenated alkanes) is 3. The molecule has 0 N–H and O–H groups in total. The van der Waals surface area contributed by atoms with Gasteiger partial charge in [-0.3, -0.25) is 4.79 Å². The van der Waals surface area contributed by atoms with E-state index in [2.05, 4.69) is 67.6 Å². The fourth-order valence-electron chi connectivity index (χ4n) is 3.48. The van der Waals surface area contributed by atoms with Gasteiger partial charge in [-0.15, -0.1) is 0 Å². The maximum Gasteiger partial charge on any atom is 0.311 e. The predicted molar refractivity (Wildman–Crippen MR) is 115 cm³/mol. The first kappa shape index (κ1) is 19.9. The number of carbonyl (C=O) groups excluding carboxylic acids is 1. The number of rotatable bonds is 9. The Labute approximate surface area is 168 Å². The Bertz CT molecular complexity index is 799. The van der Waals surface area contributed by atoms with Crippen molar-refractivity contribution in [3.8, 4) is 5.75 Å². The molecule has 0 unspecified atom stereocenters. The molecule has 0 amide bonds. The molecule has 0 aliphatic carbocycles. The number of hydrogen-bond donors (Lipinski definition) is 0. The van der Waals surface area contributed by atoms with Crippen LogP contribution < -0.4 is 4.74 Å². The molecule has 0 saturated carbocycles. The van der Waals surface area contributed by atoms with Gasteiger partial charge in [0.15, 0.2) is 0 Å². The first-order valence-electron chi connectivity index (χ1n) is 10.2. The van der Waals surface area contributed by atoms with Gasteiger partial charge in [0.1, 0.15) is 5.75 Å². The lowest BCUT2D eigenvalue weighted by Gasteiger charge is -2.19. The number of carbonyl (C=O) groups is 1. The smallest absolute Gasteiger partial charge is 0.311 e. The third-order valence-corrected chi connectivity index (χ3v) is 4.95. The van der Waals surface area contributed by atoms with Gasteiger partial charge in [0.2, 0.25) is 0 Å². The van der Waals surface area contributed by atoms with Crippen LogP contribution in [0.5, 0.6) is 5.75 Å². The van der Waals surface area contributed by atoms with Crippen LogP contribution in [0, 0.1) is 0 Å². The van der Waals surface area contributed by atoms with Gasteiger partial charge in [0.05, 0.1) is 0 Å². The van der Waals surface area contributed by atoms with Gasteiger partial charge in [-0.2, -0.15) is 0 Å². The molecule has 2 heteroatoms. The highest BCUT2D eigenvalue weighted by molar-refractivity contribution is 5.72. The molecule has 0 heterocycles. The Morgan fingerprint density at radius 2 is 1.25 bits per heavy atom. The second kappa shape index (κ2) is 10.5. The summed E-state index contributed by atoms with van der Waals surface area (Å²) >= 11 is 0. The van der Waals surface area contributed by atoms with Crippen LogP contribution in [0.1, 0.15) is 61.6 Å². The van der Waals surface area contributed by atoms with Crippen molar-refractivity contribution in [2.45, 2.75) is 44.9 Å². The van der Waals surface area contributed by atoms with E-state index in [0.717, 1.165) is 12.8 Å². The van der Waals surface area contributed by atoms with E-state index in [-0.39, 0.29) is 11.9 Å². The van der Waals surface area contributed by atoms with E-state index in [1.807, 2.05) is 24.3 Å². The number of hydrogen-bond acceptors (Lipinski definition) is 2. The van der Waals surface area contributed by atoms with Crippen molar-refractivity contribution in [3.05, 3.63) is 102 Å². The quantitative estimate of drug-likeness (QED) is 0.180. The van der Waals surface area contributed by atoms with Gasteiger partial charge >= 0.3 is 5.97 Å². The van der Waals surface area contributed by atoms with Gasteiger partial charge in [0.25, 0.3) is 0 Å². The average molecular weight is 373 g/mol. The molecule has 2 nitrogen and oxygen atoms in total. The van der Waals surface area contributed by atoms with E-state index in [4.69, 9.17) is 4.74 Å². The molecule has 0 fully saturated rings. The molecular weight excluding hydrogens is 344 g/mol. The van der Waals surface area contributed by atoms with Crippen LogP contribution in [-0.4, -0.2) is 5.97 Å². The van der Waals surface area contributed by atoms with E-state index < -0.39 is 0 Å². The first-order valence-corrected chi connectivity index (χ1v) is 10.2. The molecule has 3 aromatic carbocycles. The lowest BCUT2D eigenvalue weighted by molar-refractivity contribution is -0.134.